The molecule has 1 N–H and O–H groups in total. The summed E-state index contributed by atoms with van der Waals surface area (Å²) < 4.78 is 29.3. The van der Waals surface area contributed by atoms with Crippen molar-refractivity contribution >= 4 is 42.9 Å². The summed E-state index contributed by atoms with van der Waals surface area (Å²) in [4.78, 5) is 4.89. The smallest absolute Gasteiger partial charge is 0.229 e. The molecule has 0 aliphatic carbocycles. The number of fused-ring (bicyclic) bond motifs is 3. The van der Waals surface area contributed by atoms with Crippen LogP contribution in [-0.4, -0.2) is 34.3 Å². The van der Waals surface area contributed by atoms with Gasteiger partial charge in [0.15, 0.2) is 5.65 Å². The van der Waals surface area contributed by atoms with Gasteiger partial charge in [-0.15, -0.1) is 16.4 Å². The Bertz CT molecular complexity index is 1570. The SMILES string of the molecule is Cc1ccc(S(=O)(=O)c2nnn3c2nc(N[C@H](C)Cc2ccccc2)c2sccc23)cc1C. The molecule has 0 aliphatic rings. The first kappa shape index (κ1) is 21.5. The summed E-state index contributed by atoms with van der Waals surface area (Å²) in [5, 5.41) is 13.5. The zero-order valence-corrected chi connectivity index (χ0v) is 20.1. The molecule has 0 spiro atoms. The highest BCUT2D eigenvalue weighted by Gasteiger charge is 2.28. The molecular formula is C24H23N5O2S2. The first-order valence-corrected chi connectivity index (χ1v) is 13.0. The lowest BCUT2D eigenvalue weighted by atomic mass is 10.1. The van der Waals surface area contributed by atoms with Crippen LogP contribution < -0.4 is 5.32 Å². The molecule has 0 aliphatic heterocycles. The molecule has 168 valence electrons. The largest absolute Gasteiger partial charge is 0.366 e. The van der Waals surface area contributed by atoms with Gasteiger partial charge in [0.25, 0.3) is 0 Å². The van der Waals surface area contributed by atoms with Crippen LogP contribution in [0.3, 0.4) is 0 Å². The lowest BCUT2D eigenvalue weighted by molar-refractivity contribution is 0.592. The molecular weight excluding hydrogens is 454 g/mol. The third kappa shape index (κ3) is 3.87. The fraction of sp³-hybridized carbons (Fsp3) is 0.208. The zero-order chi connectivity index (χ0) is 23.2. The van der Waals surface area contributed by atoms with Crippen LogP contribution in [-0.2, 0) is 16.3 Å². The van der Waals surface area contributed by atoms with Gasteiger partial charge in [-0.1, -0.05) is 41.6 Å². The lowest BCUT2D eigenvalue weighted by Crippen LogP contribution is -2.19. The van der Waals surface area contributed by atoms with Gasteiger partial charge >= 0.3 is 0 Å². The Balaban J connectivity index is 1.59. The number of thiophene rings is 1. The van der Waals surface area contributed by atoms with Crippen molar-refractivity contribution in [3.05, 3.63) is 76.7 Å². The highest BCUT2D eigenvalue weighted by atomic mass is 32.2. The molecule has 0 radical (unpaired) electrons. The van der Waals surface area contributed by atoms with Crippen LogP contribution in [0.15, 0.2) is 69.9 Å². The highest BCUT2D eigenvalue weighted by Crippen LogP contribution is 2.32. The Hall–Kier alpha value is -3.30. The molecule has 0 saturated carbocycles. The predicted octanol–water partition coefficient (Wildman–Crippen LogP) is 4.83. The van der Waals surface area contributed by atoms with Crippen LogP contribution >= 0.6 is 11.3 Å². The van der Waals surface area contributed by atoms with Gasteiger partial charge in [0.05, 0.1) is 15.1 Å². The number of aryl methyl sites for hydroxylation is 2. The monoisotopic (exact) mass is 477 g/mol. The molecule has 7 nitrogen and oxygen atoms in total. The Morgan fingerprint density at radius 3 is 2.61 bits per heavy atom. The summed E-state index contributed by atoms with van der Waals surface area (Å²) in [6.07, 6.45) is 0.811. The van der Waals surface area contributed by atoms with Crippen molar-refractivity contribution in [2.75, 3.05) is 5.32 Å². The molecule has 1 atom stereocenters. The van der Waals surface area contributed by atoms with Crippen LogP contribution in [0, 0.1) is 13.8 Å². The first-order chi connectivity index (χ1) is 15.8. The number of rotatable bonds is 6. The van der Waals surface area contributed by atoms with E-state index in [1.54, 1.807) is 18.2 Å². The van der Waals surface area contributed by atoms with Crippen molar-refractivity contribution < 1.29 is 8.42 Å². The minimum atomic E-state index is -3.89. The van der Waals surface area contributed by atoms with Gasteiger partial charge in [0.2, 0.25) is 14.9 Å². The fourth-order valence-corrected chi connectivity index (χ4v) is 5.98. The zero-order valence-electron chi connectivity index (χ0n) is 18.5. The van der Waals surface area contributed by atoms with Crippen LogP contribution in [0.2, 0.25) is 0 Å². The van der Waals surface area contributed by atoms with Gasteiger partial charge < -0.3 is 5.32 Å². The van der Waals surface area contributed by atoms with Crippen molar-refractivity contribution in [2.45, 2.75) is 43.2 Å². The average molecular weight is 478 g/mol. The van der Waals surface area contributed by atoms with E-state index in [2.05, 4.69) is 34.7 Å². The van der Waals surface area contributed by atoms with E-state index in [1.165, 1.54) is 21.4 Å². The molecule has 5 aromatic rings. The Morgan fingerprint density at radius 2 is 1.85 bits per heavy atom. The van der Waals surface area contributed by atoms with E-state index >= 15 is 0 Å². The maximum Gasteiger partial charge on any atom is 0.229 e. The van der Waals surface area contributed by atoms with Gasteiger partial charge in [-0.3, -0.25) is 0 Å². The number of hydrogen-bond donors (Lipinski definition) is 1. The van der Waals surface area contributed by atoms with Crippen molar-refractivity contribution in [3.8, 4) is 0 Å². The summed E-state index contributed by atoms with van der Waals surface area (Å²) >= 11 is 1.53. The molecule has 0 unspecified atom stereocenters. The number of anilines is 1. The van der Waals surface area contributed by atoms with Gasteiger partial charge in [0, 0.05) is 6.04 Å². The third-order valence-corrected chi connectivity index (χ3v) is 8.29. The minimum Gasteiger partial charge on any atom is -0.366 e. The predicted molar refractivity (Wildman–Crippen MR) is 131 cm³/mol. The van der Waals surface area contributed by atoms with Gasteiger partial charge in [0.1, 0.15) is 5.82 Å². The van der Waals surface area contributed by atoms with Gasteiger partial charge in [-0.2, -0.15) is 4.52 Å². The molecule has 0 saturated heterocycles. The Labute approximate surface area is 196 Å². The summed E-state index contributed by atoms with van der Waals surface area (Å²) in [6, 6.07) is 17.3. The second kappa shape index (κ2) is 8.24. The van der Waals surface area contributed by atoms with E-state index in [9.17, 15) is 8.42 Å². The second-order valence-electron chi connectivity index (χ2n) is 8.21. The van der Waals surface area contributed by atoms with E-state index in [0.717, 1.165) is 27.8 Å². The normalized spacial score (nSPS) is 12.9. The first-order valence-electron chi connectivity index (χ1n) is 10.6. The number of benzene rings is 2. The van der Waals surface area contributed by atoms with Crippen molar-refractivity contribution in [2.24, 2.45) is 0 Å². The van der Waals surface area contributed by atoms with Crippen LogP contribution in [0.25, 0.3) is 15.9 Å². The fourth-order valence-electron chi connectivity index (χ4n) is 3.84. The maximum absolute atomic E-state index is 13.4. The molecule has 3 heterocycles. The van der Waals surface area contributed by atoms with Crippen LogP contribution in [0.5, 0.6) is 0 Å². The average Bonchev–Trinajstić information content (AvgIpc) is 3.43. The van der Waals surface area contributed by atoms with Gasteiger partial charge in [-0.25, -0.2) is 13.4 Å². The second-order valence-corrected chi connectivity index (χ2v) is 11.0. The molecule has 33 heavy (non-hydrogen) atoms. The molecule has 0 bridgehead atoms. The Kier molecular flexibility index (Phi) is 5.38. The minimum absolute atomic E-state index is 0.0864. The molecule has 0 amide bonds. The van der Waals surface area contributed by atoms with Crippen LogP contribution in [0.1, 0.15) is 23.6 Å². The van der Waals surface area contributed by atoms with E-state index in [0.29, 0.717) is 5.82 Å². The molecule has 9 heteroatoms. The number of sulfone groups is 1. The topological polar surface area (TPSA) is 89.2 Å². The van der Waals surface area contributed by atoms with Crippen molar-refractivity contribution in [1.82, 2.24) is 19.8 Å². The van der Waals surface area contributed by atoms with Gasteiger partial charge in [-0.05, 0) is 67.5 Å². The quantitative estimate of drug-likeness (QED) is 0.377. The third-order valence-electron chi connectivity index (χ3n) is 5.73. The Morgan fingerprint density at radius 1 is 1.06 bits per heavy atom. The summed E-state index contributed by atoms with van der Waals surface area (Å²) in [5.74, 6) is 0.634. The molecule has 0 fully saturated rings. The molecule has 2 aromatic carbocycles. The maximum atomic E-state index is 13.4. The van der Waals surface area contributed by atoms with Crippen molar-refractivity contribution in [1.29, 1.82) is 0 Å². The van der Waals surface area contributed by atoms with Crippen molar-refractivity contribution in [3.63, 3.8) is 0 Å². The molecule has 5 rings (SSSR count). The summed E-state index contributed by atoms with van der Waals surface area (Å²) in [5.41, 5.74) is 4.13. The summed E-state index contributed by atoms with van der Waals surface area (Å²) in [6.45, 7) is 5.92. The number of nitrogens with one attached hydrogen (secondary N) is 1. The van der Waals surface area contributed by atoms with E-state index in [4.69, 9.17) is 4.98 Å². The number of aromatic nitrogens is 4. The summed E-state index contributed by atoms with van der Waals surface area (Å²) in [7, 11) is -3.89. The van der Waals surface area contributed by atoms with E-state index < -0.39 is 9.84 Å². The standard InChI is InChI=1S/C24H23N5O2S2/c1-15-9-10-19(13-16(15)2)33(30,31)24-23-26-22(21-20(11-12-32-21)29(23)28-27-24)25-17(3)14-18-7-5-4-6-8-18/h4-13,17H,14H2,1-3H3,(H,25,26)/t17-/m1/s1. The lowest BCUT2D eigenvalue weighted by Gasteiger charge is -2.15. The molecule has 3 aromatic heterocycles. The van der Waals surface area contributed by atoms with E-state index in [-0.39, 0.29) is 21.6 Å². The highest BCUT2D eigenvalue weighted by molar-refractivity contribution is 7.91. The number of hydrogen-bond acceptors (Lipinski definition) is 7. The van der Waals surface area contributed by atoms with E-state index in [1.807, 2.05) is 43.5 Å². The van der Waals surface area contributed by atoms with Crippen LogP contribution in [0.4, 0.5) is 5.82 Å². The number of nitrogens with zero attached hydrogens (tertiary/aromatic N) is 4.